The van der Waals surface area contributed by atoms with Crippen LogP contribution in [-0.2, 0) is 4.74 Å². The average Bonchev–Trinajstić information content (AvgIpc) is 2.46. The topological polar surface area (TPSA) is 82.0 Å². The lowest BCUT2D eigenvalue weighted by Gasteiger charge is -2.38. The van der Waals surface area contributed by atoms with Crippen LogP contribution >= 0.6 is 11.6 Å². The number of hydrogen-bond donors (Lipinski definition) is 3. The molecule has 1 aliphatic heterocycles. The largest absolute Gasteiger partial charge is 0.459 e. The van der Waals surface area contributed by atoms with E-state index in [4.69, 9.17) is 16.3 Å². The minimum absolute atomic E-state index is 0.276. The Balaban J connectivity index is 2.45. The lowest BCUT2D eigenvalue weighted by molar-refractivity contribution is -0.106. The zero-order chi connectivity index (χ0) is 19.8. The number of alkyl halides is 3. The normalized spacial score (nSPS) is 20.7. The predicted molar refractivity (Wildman–Crippen MR) is 83.7 cm³/mol. The second-order valence-electron chi connectivity index (χ2n) is 5.65. The average molecular weight is 399 g/mol. The highest BCUT2D eigenvalue weighted by Gasteiger charge is 2.41. The number of halogens is 5. The van der Waals surface area contributed by atoms with Gasteiger partial charge in [-0.05, 0) is 32.1 Å². The van der Waals surface area contributed by atoms with Gasteiger partial charge in [-0.2, -0.15) is 13.2 Å². The Morgan fingerprint density at radius 2 is 1.96 bits per heavy atom. The Morgan fingerprint density at radius 1 is 1.35 bits per heavy atom. The number of aliphatic hydroxyl groups excluding tert-OH is 2. The van der Waals surface area contributed by atoms with Crippen molar-refractivity contribution in [2.24, 2.45) is 0 Å². The molecular weight excluding hydrogens is 384 g/mol. The fourth-order valence-corrected chi connectivity index (χ4v) is 2.48. The van der Waals surface area contributed by atoms with E-state index in [1.165, 1.54) is 0 Å². The van der Waals surface area contributed by atoms with Crippen molar-refractivity contribution < 1.29 is 37.3 Å². The Kier molecular flexibility index (Phi) is 5.69. The summed E-state index contributed by atoms with van der Waals surface area (Å²) in [4.78, 5) is 12.5. The quantitative estimate of drug-likeness (QED) is 0.536. The molecule has 0 amide bonds. The van der Waals surface area contributed by atoms with E-state index in [0.29, 0.717) is 11.0 Å². The highest BCUT2D eigenvalue weighted by molar-refractivity contribution is 6.33. The first-order valence-corrected chi connectivity index (χ1v) is 7.69. The van der Waals surface area contributed by atoms with Gasteiger partial charge in [-0.3, -0.25) is 4.90 Å². The van der Waals surface area contributed by atoms with E-state index in [0.717, 1.165) is 12.1 Å². The number of allylic oxidation sites excluding steroid dienone is 1. The molecule has 0 radical (unpaired) electrons. The van der Waals surface area contributed by atoms with E-state index < -0.39 is 48.0 Å². The molecule has 6 nitrogen and oxygen atoms in total. The number of nitrogens with zero attached hydrogens (tertiary/aromatic N) is 1. The van der Waals surface area contributed by atoms with E-state index in [2.05, 4.69) is 0 Å². The van der Waals surface area contributed by atoms with Crippen molar-refractivity contribution in [1.29, 1.82) is 0 Å². The first-order valence-electron chi connectivity index (χ1n) is 7.32. The Morgan fingerprint density at radius 3 is 2.46 bits per heavy atom. The van der Waals surface area contributed by atoms with Crippen molar-refractivity contribution in [2.75, 3.05) is 4.90 Å². The third kappa shape index (κ3) is 4.19. The summed E-state index contributed by atoms with van der Waals surface area (Å²) in [5.41, 5.74) is -2.21. The van der Waals surface area contributed by atoms with Crippen molar-refractivity contribution in [2.45, 2.75) is 38.7 Å². The van der Waals surface area contributed by atoms with Gasteiger partial charge in [-0.15, -0.1) is 0 Å². The van der Waals surface area contributed by atoms with Crippen LogP contribution in [0.4, 0.5) is 23.2 Å². The molecule has 2 unspecified atom stereocenters. The van der Waals surface area contributed by atoms with Gasteiger partial charge in [0.2, 0.25) is 6.35 Å². The summed E-state index contributed by atoms with van der Waals surface area (Å²) in [6.07, 6.45) is -9.13. The van der Waals surface area contributed by atoms with Crippen LogP contribution in [0.25, 0.3) is 0 Å². The molecule has 1 aliphatic rings. The molecule has 0 aliphatic carbocycles. The second kappa shape index (κ2) is 7.29. The predicted octanol–water partition coefficient (Wildman–Crippen LogP) is 2.49. The van der Waals surface area contributed by atoms with Gasteiger partial charge in [0, 0.05) is 0 Å². The standard InChI is InChI=1S/C15H15ClF4N2O4/c1-6(2)26-13(24)7-3-10(9(17)4-8(7)16)22-12(23)5-11(15(18,19)20)21-14(22)25/h3-6,12,14,21,23,25H,1-2H3. The maximum absolute atomic E-state index is 14.2. The Bertz CT molecular complexity index is 739. The number of benzene rings is 1. The number of ether oxygens (including phenoxy) is 1. The monoisotopic (exact) mass is 398 g/mol. The second-order valence-corrected chi connectivity index (χ2v) is 6.06. The summed E-state index contributed by atoms with van der Waals surface area (Å²) in [5, 5.41) is 21.2. The van der Waals surface area contributed by atoms with E-state index in [-0.39, 0.29) is 10.6 Å². The van der Waals surface area contributed by atoms with Crippen molar-refractivity contribution in [3.63, 3.8) is 0 Å². The van der Waals surface area contributed by atoms with Gasteiger partial charge in [-0.25, -0.2) is 9.18 Å². The summed E-state index contributed by atoms with van der Waals surface area (Å²) >= 11 is 5.81. The number of anilines is 1. The van der Waals surface area contributed by atoms with Crippen molar-refractivity contribution in [3.05, 3.63) is 40.3 Å². The lowest BCUT2D eigenvalue weighted by atomic mass is 10.1. The molecule has 0 spiro atoms. The minimum Gasteiger partial charge on any atom is -0.459 e. The van der Waals surface area contributed by atoms with Gasteiger partial charge < -0.3 is 20.3 Å². The van der Waals surface area contributed by atoms with Gasteiger partial charge in [0.1, 0.15) is 11.5 Å². The van der Waals surface area contributed by atoms with Gasteiger partial charge >= 0.3 is 12.1 Å². The Labute approximate surface area is 150 Å². The molecule has 2 atom stereocenters. The van der Waals surface area contributed by atoms with Crippen LogP contribution in [0.2, 0.25) is 5.02 Å². The lowest BCUT2D eigenvalue weighted by Crippen LogP contribution is -2.56. The maximum atomic E-state index is 14.2. The third-order valence-electron chi connectivity index (χ3n) is 3.33. The highest BCUT2D eigenvalue weighted by atomic mass is 35.5. The molecule has 3 N–H and O–H groups in total. The summed E-state index contributed by atoms with van der Waals surface area (Å²) in [5.74, 6) is -1.97. The number of aliphatic hydroxyl groups is 2. The molecule has 0 saturated carbocycles. The number of carbonyl (C=O) groups excluding carboxylic acids is 1. The Hall–Kier alpha value is -2.04. The van der Waals surface area contributed by atoms with Gasteiger partial charge in [-0.1, -0.05) is 11.6 Å². The highest BCUT2D eigenvalue weighted by Crippen LogP contribution is 2.33. The smallest absolute Gasteiger partial charge is 0.430 e. The molecule has 0 aromatic heterocycles. The number of esters is 1. The first kappa shape index (κ1) is 20.3. The van der Waals surface area contributed by atoms with Crippen LogP contribution in [0.5, 0.6) is 0 Å². The van der Waals surface area contributed by atoms with Crippen molar-refractivity contribution in [3.8, 4) is 0 Å². The van der Waals surface area contributed by atoms with E-state index in [1.54, 1.807) is 19.2 Å². The maximum Gasteiger partial charge on any atom is 0.430 e. The number of hydrogen-bond acceptors (Lipinski definition) is 6. The molecule has 0 bridgehead atoms. The van der Waals surface area contributed by atoms with Crippen molar-refractivity contribution >= 4 is 23.3 Å². The minimum atomic E-state index is -4.85. The molecule has 0 saturated heterocycles. The zero-order valence-electron chi connectivity index (χ0n) is 13.5. The van der Waals surface area contributed by atoms with Crippen LogP contribution in [0.15, 0.2) is 23.9 Å². The third-order valence-corrected chi connectivity index (χ3v) is 3.64. The summed E-state index contributed by atoms with van der Waals surface area (Å²) < 4.78 is 57.3. The van der Waals surface area contributed by atoms with E-state index in [9.17, 15) is 32.6 Å². The van der Waals surface area contributed by atoms with Gasteiger partial charge in [0.25, 0.3) is 0 Å². The first-order chi connectivity index (χ1) is 11.9. The fraction of sp³-hybridized carbons (Fsp3) is 0.400. The van der Waals surface area contributed by atoms with E-state index in [1.807, 2.05) is 0 Å². The molecule has 1 aromatic carbocycles. The molecule has 0 fully saturated rings. The number of nitrogens with one attached hydrogen (secondary N) is 1. The molecule has 1 heterocycles. The molecule has 26 heavy (non-hydrogen) atoms. The van der Waals surface area contributed by atoms with Gasteiger partial charge in [0.15, 0.2) is 6.23 Å². The van der Waals surface area contributed by atoms with Crippen LogP contribution in [0.1, 0.15) is 24.2 Å². The molecular formula is C15H15ClF4N2O4. The molecule has 1 aromatic rings. The van der Waals surface area contributed by atoms with Crippen LogP contribution in [-0.4, -0.2) is 41.0 Å². The summed E-state index contributed by atoms with van der Waals surface area (Å²) in [6.45, 7) is 3.14. The van der Waals surface area contributed by atoms with Crippen LogP contribution < -0.4 is 10.2 Å². The summed E-state index contributed by atoms with van der Waals surface area (Å²) in [7, 11) is 0. The van der Waals surface area contributed by atoms with Crippen LogP contribution in [0, 0.1) is 5.82 Å². The molecule has 2 rings (SSSR count). The van der Waals surface area contributed by atoms with Crippen LogP contribution in [0.3, 0.4) is 0 Å². The molecule has 11 heteroatoms. The van der Waals surface area contributed by atoms with E-state index >= 15 is 0 Å². The number of carbonyl (C=O) groups is 1. The zero-order valence-corrected chi connectivity index (χ0v) is 14.3. The summed E-state index contributed by atoms with van der Waals surface area (Å²) in [6, 6.07) is 1.61. The number of rotatable bonds is 3. The fourth-order valence-electron chi connectivity index (χ4n) is 2.25. The molecule has 144 valence electrons. The van der Waals surface area contributed by atoms with Crippen molar-refractivity contribution in [1.82, 2.24) is 5.32 Å². The SMILES string of the molecule is CC(C)OC(=O)c1cc(N2C(O)C=C(C(F)(F)F)NC2O)c(F)cc1Cl. The van der Waals surface area contributed by atoms with Gasteiger partial charge in [0.05, 0.1) is 22.4 Å².